The summed E-state index contributed by atoms with van der Waals surface area (Å²) >= 11 is 0. The van der Waals surface area contributed by atoms with Crippen molar-refractivity contribution in [3.05, 3.63) is 42.1 Å². The third-order valence-corrected chi connectivity index (χ3v) is 5.03. The smallest absolute Gasteiger partial charge is 0.0782 e. The van der Waals surface area contributed by atoms with Crippen LogP contribution in [0, 0.1) is 6.92 Å². The van der Waals surface area contributed by atoms with Crippen molar-refractivity contribution in [2.75, 3.05) is 7.05 Å². The van der Waals surface area contributed by atoms with Crippen molar-refractivity contribution >= 4 is 15.1 Å². The van der Waals surface area contributed by atoms with Crippen molar-refractivity contribution in [2.45, 2.75) is 25.7 Å². The molecule has 0 bridgehead atoms. The van der Waals surface area contributed by atoms with E-state index in [0.717, 1.165) is 4.90 Å². The molecule has 1 aromatic carbocycles. The van der Waals surface area contributed by atoms with Crippen LogP contribution in [0.25, 0.3) is 0 Å². The summed E-state index contributed by atoms with van der Waals surface area (Å²) in [4.78, 5) is 0.848. The predicted octanol–water partition coefficient (Wildman–Crippen LogP) is 2.84. The van der Waals surface area contributed by atoms with E-state index in [1.165, 1.54) is 5.56 Å². The van der Waals surface area contributed by atoms with E-state index in [1.54, 1.807) is 9.67 Å². The maximum atomic E-state index is 12.8. The first-order valence-electron chi connectivity index (χ1n) is 5.30. The van der Waals surface area contributed by atoms with Gasteiger partial charge in [0.1, 0.15) is 0 Å². The van der Waals surface area contributed by atoms with E-state index in [2.05, 4.69) is 0 Å². The van der Waals surface area contributed by atoms with Gasteiger partial charge in [-0.1, -0.05) is 23.8 Å². The largest absolute Gasteiger partial charge is 0.306 e. The standard InChI is InChI=1S/C13H19NOS/c1-5-11-14(4)16(15,6-2)13-9-7-12(3)8-10-13/h5-11H,1-4H3. The highest BCUT2D eigenvalue weighted by atomic mass is 32.2. The molecular formula is C13H19NOS. The quantitative estimate of drug-likeness (QED) is 0.740. The van der Waals surface area contributed by atoms with Gasteiger partial charge in [0, 0.05) is 18.1 Å². The molecule has 1 unspecified atom stereocenters. The molecule has 88 valence electrons. The number of allylic oxidation sites excluding steroid dienone is 1. The van der Waals surface area contributed by atoms with Crippen molar-refractivity contribution in [1.29, 1.82) is 0 Å². The first kappa shape index (κ1) is 12.8. The fraction of sp³-hybridized carbons (Fsp3) is 0.308. The minimum atomic E-state index is -2.24. The normalized spacial score (nSPS) is 14.8. The summed E-state index contributed by atoms with van der Waals surface area (Å²) in [6, 6.07) is 7.83. The zero-order valence-corrected chi connectivity index (χ0v) is 11.1. The predicted molar refractivity (Wildman–Crippen MR) is 71.9 cm³/mol. The molecular weight excluding hydrogens is 218 g/mol. The summed E-state index contributed by atoms with van der Waals surface area (Å²) in [6.07, 6.45) is 3.72. The lowest BCUT2D eigenvalue weighted by Crippen LogP contribution is -2.23. The molecule has 0 radical (unpaired) electrons. The van der Waals surface area contributed by atoms with E-state index in [0.29, 0.717) is 0 Å². The Hall–Kier alpha value is -1.22. The van der Waals surface area contributed by atoms with E-state index < -0.39 is 9.71 Å². The van der Waals surface area contributed by atoms with Gasteiger partial charge in [-0.2, -0.15) is 0 Å². The molecule has 1 rings (SSSR count). The summed E-state index contributed by atoms with van der Waals surface area (Å²) in [6.45, 7) is 5.78. The summed E-state index contributed by atoms with van der Waals surface area (Å²) in [5.41, 5.74) is 1.18. The number of hydrogen-bond donors (Lipinski definition) is 0. The lowest BCUT2D eigenvalue weighted by atomic mass is 10.2. The number of rotatable bonds is 3. The molecule has 1 aromatic rings. The molecule has 0 fully saturated rings. The van der Waals surface area contributed by atoms with Gasteiger partial charge in [0.2, 0.25) is 0 Å². The second kappa shape index (κ2) is 5.21. The Morgan fingerprint density at radius 1 is 1.19 bits per heavy atom. The molecule has 0 aliphatic carbocycles. The summed E-state index contributed by atoms with van der Waals surface area (Å²) in [7, 11) is -0.406. The first-order chi connectivity index (χ1) is 7.54. The van der Waals surface area contributed by atoms with Crippen LogP contribution in [0.3, 0.4) is 0 Å². The van der Waals surface area contributed by atoms with Crippen LogP contribution in [0.5, 0.6) is 0 Å². The molecule has 0 aliphatic rings. The topological polar surface area (TPSA) is 20.3 Å². The minimum Gasteiger partial charge on any atom is -0.306 e. The van der Waals surface area contributed by atoms with Crippen LogP contribution in [-0.2, 0) is 9.71 Å². The Bertz CT molecular complexity index is 479. The van der Waals surface area contributed by atoms with Gasteiger partial charge >= 0.3 is 0 Å². The highest BCUT2D eigenvalue weighted by Gasteiger charge is 2.12. The van der Waals surface area contributed by atoms with E-state index in [1.807, 2.05) is 64.4 Å². The van der Waals surface area contributed by atoms with Gasteiger partial charge in [0.25, 0.3) is 0 Å². The molecule has 3 heteroatoms. The fourth-order valence-corrected chi connectivity index (χ4v) is 3.27. The molecule has 1 atom stereocenters. The van der Waals surface area contributed by atoms with Crippen LogP contribution in [0.1, 0.15) is 19.4 Å². The van der Waals surface area contributed by atoms with Crippen LogP contribution in [0.15, 0.2) is 41.4 Å². The van der Waals surface area contributed by atoms with E-state index in [-0.39, 0.29) is 0 Å². The highest BCUT2D eigenvalue weighted by Crippen LogP contribution is 2.16. The van der Waals surface area contributed by atoms with Gasteiger partial charge in [0.05, 0.1) is 9.71 Å². The maximum Gasteiger partial charge on any atom is 0.0782 e. The average Bonchev–Trinajstić information content (AvgIpc) is 2.29. The second-order valence-corrected chi connectivity index (χ2v) is 6.30. The lowest BCUT2D eigenvalue weighted by molar-refractivity contribution is 0.624. The van der Waals surface area contributed by atoms with Gasteiger partial charge in [-0.15, -0.1) is 0 Å². The number of aryl methyl sites for hydroxylation is 1. The Kier molecular flexibility index (Phi) is 4.19. The molecule has 0 saturated carbocycles. The van der Waals surface area contributed by atoms with Crippen LogP contribution >= 0.6 is 0 Å². The first-order valence-corrected chi connectivity index (χ1v) is 6.88. The Morgan fingerprint density at radius 2 is 1.75 bits per heavy atom. The SMILES string of the molecule is CC=CN(C)S(=O)(=CC)c1ccc(C)cc1. The van der Waals surface area contributed by atoms with Gasteiger partial charge in [-0.25, -0.2) is 4.21 Å². The van der Waals surface area contributed by atoms with Crippen molar-refractivity contribution in [3.63, 3.8) is 0 Å². The number of nitrogens with zero attached hydrogens (tertiary/aromatic N) is 1. The third-order valence-electron chi connectivity index (χ3n) is 2.47. The van der Waals surface area contributed by atoms with Crippen LogP contribution < -0.4 is 0 Å². The molecule has 2 nitrogen and oxygen atoms in total. The van der Waals surface area contributed by atoms with E-state index in [9.17, 15) is 4.21 Å². The van der Waals surface area contributed by atoms with Gasteiger partial charge in [-0.05, 0) is 38.3 Å². The van der Waals surface area contributed by atoms with Gasteiger partial charge in [-0.3, -0.25) is 0 Å². The number of hydrogen-bond acceptors (Lipinski definition) is 1. The van der Waals surface area contributed by atoms with Crippen molar-refractivity contribution in [3.8, 4) is 0 Å². The summed E-state index contributed by atoms with van der Waals surface area (Å²) < 4.78 is 14.5. The molecule has 0 saturated heterocycles. The number of benzene rings is 1. The molecule has 0 amide bonds. The van der Waals surface area contributed by atoms with Crippen molar-refractivity contribution < 1.29 is 4.21 Å². The monoisotopic (exact) mass is 237 g/mol. The second-order valence-electron chi connectivity index (χ2n) is 3.65. The Balaban J connectivity index is 3.27. The van der Waals surface area contributed by atoms with Gasteiger partial charge < -0.3 is 4.31 Å². The zero-order valence-electron chi connectivity index (χ0n) is 10.3. The molecule has 0 aliphatic heterocycles. The summed E-state index contributed by atoms with van der Waals surface area (Å²) in [5.74, 6) is 0. The third kappa shape index (κ3) is 2.47. The van der Waals surface area contributed by atoms with E-state index in [4.69, 9.17) is 0 Å². The van der Waals surface area contributed by atoms with Crippen LogP contribution in [-0.4, -0.2) is 20.9 Å². The lowest BCUT2D eigenvalue weighted by Gasteiger charge is -2.21. The maximum absolute atomic E-state index is 12.8. The average molecular weight is 237 g/mol. The Labute approximate surface area is 98.7 Å². The molecule has 16 heavy (non-hydrogen) atoms. The fourth-order valence-electron chi connectivity index (χ4n) is 1.50. The van der Waals surface area contributed by atoms with Crippen LogP contribution in [0.2, 0.25) is 0 Å². The molecule has 0 N–H and O–H groups in total. The van der Waals surface area contributed by atoms with Crippen LogP contribution in [0.4, 0.5) is 0 Å². The zero-order chi connectivity index (χ0) is 12.2. The minimum absolute atomic E-state index is 0.848. The molecule has 0 heterocycles. The molecule has 0 spiro atoms. The summed E-state index contributed by atoms with van der Waals surface area (Å²) in [5, 5.41) is 1.76. The highest BCUT2D eigenvalue weighted by molar-refractivity contribution is 7.99. The van der Waals surface area contributed by atoms with E-state index >= 15 is 0 Å². The van der Waals surface area contributed by atoms with Gasteiger partial charge in [0.15, 0.2) is 0 Å². The van der Waals surface area contributed by atoms with Crippen molar-refractivity contribution in [1.82, 2.24) is 4.31 Å². The molecule has 0 aromatic heterocycles. The Morgan fingerprint density at radius 3 is 2.19 bits per heavy atom. The van der Waals surface area contributed by atoms with Crippen molar-refractivity contribution in [2.24, 2.45) is 0 Å².